The highest BCUT2D eigenvalue weighted by Crippen LogP contribution is 2.36. The van der Waals surface area contributed by atoms with Gasteiger partial charge < -0.3 is 9.32 Å². The van der Waals surface area contributed by atoms with Gasteiger partial charge in [0.1, 0.15) is 11.4 Å². The zero-order valence-electron chi connectivity index (χ0n) is 16.7. The van der Waals surface area contributed by atoms with Gasteiger partial charge in [0.05, 0.1) is 5.39 Å². The van der Waals surface area contributed by atoms with Gasteiger partial charge in [-0.05, 0) is 35.6 Å². The molecular formula is C23H23FN2O3. The number of carbonyl (C=O) groups is 1. The number of benzene rings is 1. The van der Waals surface area contributed by atoms with Gasteiger partial charge in [0.2, 0.25) is 11.8 Å². The molecule has 2 aromatic heterocycles. The predicted octanol–water partition coefficient (Wildman–Crippen LogP) is 4.48. The van der Waals surface area contributed by atoms with Crippen molar-refractivity contribution in [1.82, 2.24) is 9.47 Å². The number of fused-ring (bicyclic) bond motifs is 1. The second-order valence-electron chi connectivity index (χ2n) is 7.68. The number of hydrogen-bond donors (Lipinski definition) is 0. The fourth-order valence-electron chi connectivity index (χ4n) is 3.78. The topological polar surface area (TPSA) is 55.5 Å². The van der Waals surface area contributed by atoms with Crippen molar-refractivity contribution in [1.29, 1.82) is 0 Å². The highest BCUT2D eigenvalue weighted by molar-refractivity contribution is 5.89. The molecule has 0 atom stereocenters. The third kappa shape index (κ3) is 3.39. The fourth-order valence-corrected chi connectivity index (χ4v) is 3.78. The van der Waals surface area contributed by atoms with Crippen LogP contribution in [0.15, 0.2) is 51.8 Å². The molecule has 1 aromatic carbocycles. The van der Waals surface area contributed by atoms with E-state index in [1.165, 1.54) is 17.6 Å². The van der Waals surface area contributed by atoms with Gasteiger partial charge in [0.25, 0.3) is 5.56 Å². The van der Waals surface area contributed by atoms with Gasteiger partial charge in [-0.15, -0.1) is 0 Å². The highest BCUT2D eigenvalue weighted by Gasteiger charge is 2.24. The monoisotopic (exact) mass is 394 g/mol. The van der Waals surface area contributed by atoms with Gasteiger partial charge in [-0.1, -0.05) is 26.0 Å². The Morgan fingerprint density at radius 3 is 2.72 bits per heavy atom. The summed E-state index contributed by atoms with van der Waals surface area (Å²) in [4.78, 5) is 25.7. The van der Waals surface area contributed by atoms with Gasteiger partial charge in [-0.25, -0.2) is 4.39 Å². The van der Waals surface area contributed by atoms with E-state index in [9.17, 15) is 9.59 Å². The molecule has 0 aliphatic carbocycles. The van der Waals surface area contributed by atoms with Crippen molar-refractivity contribution in [2.45, 2.75) is 33.1 Å². The first-order valence-electron chi connectivity index (χ1n) is 9.75. The molecule has 0 spiro atoms. The summed E-state index contributed by atoms with van der Waals surface area (Å²) in [6.07, 6.45) is 4.29. The van der Waals surface area contributed by atoms with Crippen LogP contribution in [-0.2, 0) is 4.79 Å². The number of rotatable bonds is 3. The Labute approximate surface area is 168 Å². The maximum atomic E-state index is 15.6. The third-order valence-corrected chi connectivity index (χ3v) is 5.38. The second-order valence-corrected chi connectivity index (χ2v) is 7.68. The third-order valence-electron chi connectivity index (χ3n) is 5.38. The van der Waals surface area contributed by atoms with Crippen LogP contribution in [0.1, 0.15) is 44.2 Å². The summed E-state index contributed by atoms with van der Waals surface area (Å²) in [7, 11) is 0. The molecular weight excluding hydrogens is 371 g/mol. The number of pyridine rings is 1. The molecule has 1 aliphatic heterocycles. The molecule has 0 unspecified atom stereocenters. The lowest BCUT2D eigenvalue weighted by molar-refractivity contribution is -0.128. The van der Waals surface area contributed by atoms with E-state index in [-0.39, 0.29) is 29.1 Å². The summed E-state index contributed by atoms with van der Waals surface area (Å²) < 4.78 is 22.9. The fraction of sp³-hybridized carbons (Fsp3) is 0.304. The van der Waals surface area contributed by atoms with Crippen LogP contribution in [0.2, 0.25) is 0 Å². The normalized spacial score (nSPS) is 14.5. The van der Waals surface area contributed by atoms with Gasteiger partial charge in [0.15, 0.2) is 0 Å². The minimum Gasteiger partial charge on any atom is -0.439 e. The average molecular weight is 394 g/mol. The van der Waals surface area contributed by atoms with Crippen molar-refractivity contribution >= 4 is 22.4 Å². The van der Waals surface area contributed by atoms with Crippen LogP contribution >= 0.6 is 0 Å². The maximum Gasteiger partial charge on any atom is 0.257 e. The van der Waals surface area contributed by atoms with Crippen molar-refractivity contribution in [2.75, 3.05) is 13.1 Å². The molecule has 0 N–H and O–H groups in total. The molecule has 1 amide bonds. The largest absolute Gasteiger partial charge is 0.439 e. The van der Waals surface area contributed by atoms with Crippen LogP contribution in [-0.4, -0.2) is 28.5 Å². The Kier molecular flexibility index (Phi) is 4.86. The lowest BCUT2D eigenvalue weighted by Gasteiger charge is -2.27. The van der Waals surface area contributed by atoms with Crippen LogP contribution in [0.25, 0.3) is 22.4 Å². The number of amides is 1. The summed E-state index contributed by atoms with van der Waals surface area (Å²) >= 11 is 0. The van der Waals surface area contributed by atoms with E-state index in [0.717, 1.165) is 11.1 Å². The molecule has 4 rings (SSSR count). The van der Waals surface area contributed by atoms with Crippen molar-refractivity contribution in [3.63, 3.8) is 0 Å². The molecule has 0 radical (unpaired) electrons. The van der Waals surface area contributed by atoms with Crippen LogP contribution in [0, 0.1) is 5.82 Å². The predicted molar refractivity (Wildman–Crippen MR) is 111 cm³/mol. The smallest absolute Gasteiger partial charge is 0.257 e. The van der Waals surface area contributed by atoms with E-state index < -0.39 is 0 Å². The van der Waals surface area contributed by atoms with Crippen molar-refractivity contribution in [2.24, 2.45) is 0 Å². The molecule has 0 saturated carbocycles. The van der Waals surface area contributed by atoms with E-state index in [2.05, 4.69) is 0 Å². The standard InChI is InChI=1S/C23H23FN2O3/c1-14(2)17-11-18(16-7-6-9-25(13-16)15(3)27)22(24)19-12-21(29-23(17)19)26-10-5-4-8-20(26)28/h4-5,7-8,10-12,14H,6,9,13H2,1-3H3. The van der Waals surface area contributed by atoms with E-state index >= 15 is 4.39 Å². The molecule has 150 valence electrons. The molecule has 1 aliphatic rings. The number of furan rings is 1. The molecule has 0 bridgehead atoms. The SMILES string of the molecule is CC(=O)N1CCC=C(c2cc(C(C)C)c3oc(-n4ccccc4=O)cc3c2F)C1. The van der Waals surface area contributed by atoms with Crippen LogP contribution < -0.4 is 5.56 Å². The number of aromatic nitrogens is 1. The molecule has 3 aromatic rings. The summed E-state index contributed by atoms with van der Waals surface area (Å²) in [6.45, 7) is 6.60. The van der Waals surface area contributed by atoms with Gasteiger partial charge in [-0.2, -0.15) is 0 Å². The van der Waals surface area contributed by atoms with Gasteiger partial charge in [-0.3, -0.25) is 14.2 Å². The summed E-state index contributed by atoms with van der Waals surface area (Å²) in [6, 6.07) is 8.20. The lowest BCUT2D eigenvalue weighted by Crippen LogP contribution is -2.33. The molecule has 0 fully saturated rings. The lowest BCUT2D eigenvalue weighted by atomic mass is 9.92. The summed E-state index contributed by atoms with van der Waals surface area (Å²) in [5.41, 5.74) is 2.36. The van der Waals surface area contributed by atoms with Crippen molar-refractivity contribution < 1.29 is 13.6 Å². The summed E-state index contributed by atoms with van der Waals surface area (Å²) in [5.74, 6) is -0.0294. The number of carbonyl (C=O) groups excluding carboxylic acids is 1. The molecule has 6 heteroatoms. The Morgan fingerprint density at radius 1 is 1.24 bits per heavy atom. The van der Waals surface area contributed by atoms with E-state index in [4.69, 9.17) is 4.42 Å². The molecule has 3 heterocycles. The first-order chi connectivity index (χ1) is 13.9. The van der Waals surface area contributed by atoms with Crippen molar-refractivity contribution in [3.8, 4) is 5.88 Å². The number of hydrogen-bond acceptors (Lipinski definition) is 3. The van der Waals surface area contributed by atoms with E-state index in [0.29, 0.717) is 36.0 Å². The Balaban J connectivity index is 1.91. The Hall–Kier alpha value is -3.15. The van der Waals surface area contributed by atoms with E-state index in [1.807, 2.05) is 26.0 Å². The minimum atomic E-state index is -0.389. The quantitative estimate of drug-likeness (QED) is 0.658. The average Bonchev–Trinajstić information content (AvgIpc) is 3.14. The Bertz CT molecular complexity index is 1190. The first-order valence-corrected chi connectivity index (χ1v) is 9.75. The number of nitrogens with zero attached hydrogens (tertiary/aromatic N) is 2. The van der Waals surface area contributed by atoms with Gasteiger partial charge in [0, 0.05) is 43.9 Å². The second kappa shape index (κ2) is 7.35. The van der Waals surface area contributed by atoms with Gasteiger partial charge >= 0.3 is 0 Å². The zero-order valence-corrected chi connectivity index (χ0v) is 16.7. The first kappa shape index (κ1) is 19.2. The highest BCUT2D eigenvalue weighted by atomic mass is 19.1. The van der Waals surface area contributed by atoms with Crippen LogP contribution in [0.4, 0.5) is 4.39 Å². The van der Waals surface area contributed by atoms with E-state index in [1.54, 1.807) is 29.3 Å². The number of halogens is 1. The molecule has 0 saturated heterocycles. The molecule has 5 nitrogen and oxygen atoms in total. The zero-order chi connectivity index (χ0) is 20.7. The van der Waals surface area contributed by atoms with Crippen LogP contribution in [0.3, 0.4) is 0 Å². The van der Waals surface area contributed by atoms with Crippen molar-refractivity contribution in [3.05, 3.63) is 69.9 Å². The minimum absolute atomic E-state index is 0.0183. The summed E-state index contributed by atoms with van der Waals surface area (Å²) in [5, 5.41) is 0.345. The Morgan fingerprint density at radius 2 is 2.03 bits per heavy atom. The maximum absolute atomic E-state index is 15.6. The van der Waals surface area contributed by atoms with Crippen LogP contribution in [0.5, 0.6) is 0 Å². The molecule has 29 heavy (non-hydrogen) atoms.